The van der Waals surface area contributed by atoms with E-state index >= 15 is 0 Å². The number of aromatic nitrogens is 2. The van der Waals surface area contributed by atoms with E-state index in [1.807, 2.05) is 27.7 Å². The molecule has 2 aliphatic heterocycles. The highest BCUT2D eigenvalue weighted by molar-refractivity contribution is 8.75. The number of nitrogens with zero attached hydrogens (tertiary/aromatic N) is 6. The van der Waals surface area contributed by atoms with Crippen LogP contribution in [0.5, 0.6) is 0 Å². The van der Waals surface area contributed by atoms with E-state index in [0.717, 1.165) is 27.1 Å². The summed E-state index contributed by atoms with van der Waals surface area (Å²) in [7, 11) is 3.62. The molecule has 1 aromatic heterocycles. The van der Waals surface area contributed by atoms with Crippen LogP contribution in [0.2, 0.25) is 0 Å². The maximum atomic E-state index is 12.0. The van der Waals surface area contributed by atoms with E-state index < -0.39 is 17.7 Å². The van der Waals surface area contributed by atoms with Crippen LogP contribution in [-0.2, 0) is 14.5 Å². The van der Waals surface area contributed by atoms with Crippen molar-refractivity contribution in [3.63, 3.8) is 0 Å². The lowest BCUT2D eigenvalue weighted by Gasteiger charge is -2.15. The van der Waals surface area contributed by atoms with Crippen molar-refractivity contribution in [3.05, 3.63) is 24.8 Å². The molecule has 1 aromatic rings. The van der Waals surface area contributed by atoms with E-state index in [4.69, 9.17) is 9.68 Å². The molecule has 1 amide bonds. The second kappa shape index (κ2) is 9.50. The monoisotopic (exact) mass is 487 g/mol. The molecule has 3 heterocycles. The van der Waals surface area contributed by atoms with Crippen LogP contribution < -0.4 is 10.0 Å². The summed E-state index contributed by atoms with van der Waals surface area (Å²) in [4.78, 5) is 38.1. The Kier molecular flexibility index (Phi) is 7.18. The minimum Gasteiger partial charge on any atom is -0.325 e. The second-order valence-corrected chi connectivity index (χ2v) is 11.0. The Bertz CT molecular complexity index is 943. The third-order valence-corrected chi connectivity index (χ3v) is 7.20. The predicted octanol–water partition coefficient (Wildman–Crippen LogP) is 2.53. The lowest BCUT2D eigenvalue weighted by atomic mass is 10.2. The summed E-state index contributed by atoms with van der Waals surface area (Å²) in [5, 5.41) is 11.7. The van der Waals surface area contributed by atoms with Crippen LogP contribution in [-0.4, -0.2) is 60.5 Å². The van der Waals surface area contributed by atoms with Gasteiger partial charge in [0.05, 0.1) is 10.9 Å². The number of imidazole rings is 1. The number of carbonyl (C=O) groups excluding carboxylic acids is 2. The van der Waals surface area contributed by atoms with E-state index in [1.165, 1.54) is 27.8 Å². The molecule has 31 heavy (non-hydrogen) atoms. The number of oxime groups is 1. The summed E-state index contributed by atoms with van der Waals surface area (Å²) in [6.07, 6.45) is 6.14. The van der Waals surface area contributed by atoms with Crippen LogP contribution in [0.4, 0.5) is 4.79 Å². The Morgan fingerprint density at radius 2 is 2.16 bits per heavy atom. The first-order valence-electron chi connectivity index (χ1n) is 9.07. The topological polar surface area (TPSA) is 125 Å². The molecule has 15 heteroatoms. The molecule has 2 N–H and O–H groups in total. The van der Waals surface area contributed by atoms with Crippen molar-refractivity contribution in [2.24, 2.45) is 10.4 Å². The third kappa shape index (κ3) is 5.72. The number of hydrogen-bond donors (Lipinski definition) is 2. The van der Waals surface area contributed by atoms with Gasteiger partial charge in [-0.05, 0) is 18.5 Å². The highest BCUT2D eigenvalue weighted by Crippen LogP contribution is 2.39. The summed E-state index contributed by atoms with van der Waals surface area (Å²) >= 11 is 1.54. The molecule has 0 radical (unpaired) electrons. The van der Waals surface area contributed by atoms with Gasteiger partial charge in [0.2, 0.25) is 11.5 Å². The summed E-state index contributed by atoms with van der Waals surface area (Å²) < 4.78 is 6.94. The van der Waals surface area contributed by atoms with E-state index in [0.29, 0.717) is 5.84 Å². The standard InChI is InChI=1S/C16H23N8O4S3/c1-15(2)12(23-8-6-17-13(23)29-15)20-27-11(25)10-19-30-31-22(5)14(26)28-21-24-9-7-18-16(24,3)4/h6-9,18-19H,10H2,1-5H3/q+1. The SMILES string of the molecule is CN(SSNCC(=O)ON=C1n2ccnc2SC1(C)C)C(=O)ON=[N+]1C=CNC1(C)C. The molecule has 3 rings (SSSR count). The normalized spacial score (nSPS) is 20.5. The van der Waals surface area contributed by atoms with Gasteiger partial charge in [-0.3, -0.25) is 4.57 Å². The number of hydrogen-bond acceptors (Lipinski definition) is 12. The van der Waals surface area contributed by atoms with Crippen molar-refractivity contribution in [3.8, 4) is 0 Å². The van der Waals surface area contributed by atoms with E-state index in [1.54, 1.807) is 29.4 Å². The van der Waals surface area contributed by atoms with E-state index in [2.05, 4.69) is 25.5 Å². The maximum Gasteiger partial charge on any atom is 0.451 e. The molecular weight excluding hydrogens is 464 g/mol. The molecule has 0 fully saturated rings. The first-order chi connectivity index (χ1) is 14.6. The molecule has 168 valence electrons. The van der Waals surface area contributed by atoms with Crippen molar-refractivity contribution in [1.82, 2.24) is 23.9 Å². The quantitative estimate of drug-likeness (QED) is 0.148. The Labute approximate surface area is 191 Å². The Balaban J connectivity index is 1.38. The van der Waals surface area contributed by atoms with Gasteiger partial charge in [0.25, 0.3) is 5.66 Å². The largest absolute Gasteiger partial charge is 0.451 e. The van der Waals surface area contributed by atoms with Crippen LogP contribution in [0.3, 0.4) is 0 Å². The molecule has 0 unspecified atom stereocenters. The maximum absolute atomic E-state index is 12.0. The molecule has 0 saturated carbocycles. The predicted molar refractivity (Wildman–Crippen MR) is 118 cm³/mol. The van der Waals surface area contributed by atoms with Gasteiger partial charge < -0.3 is 10.2 Å². The highest BCUT2D eigenvalue weighted by atomic mass is 33.1. The van der Waals surface area contributed by atoms with E-state index in [9.17, 15) is 9.59 Å². The summed E-state index contributed by atoms with van der Waals surface area (Å²) in [5.74, 6) is 0.0311. The van der Waals surface area contributed by atoms with Gasteiger partial charge in [-0.1, -0.05) is 16.9 Å². The van der Waals surface area contributed by atoms with Gasteiger partial charge in [-0.25, -0.2) is 28.4 Å². The van der Waals surface area contributed by atoms with Gasteiger partial charge in [-0.15, -0.1) is 0 Å². The van der Waals surface area contributed by atoms with Crippen LogP contribution in [0.25, 0.3) is 0 Å². The molecule has 0 bridgehead atoms. The fraction of sp³-hybridized carbons (Fsp3) is 0.500. The molecule has 0 atom stereocenters. The Hall–Kier alpha value is -2.23. The number of nitrogens with one attached hydrogen (secondary N) is 2. The van der Waals surface area contributed by atoms with Gasteiger partial charge >= 0.3 is 12.1 Å². The van der Waals surface area contributed by atoms with Gasteiger partial charge in [0.1, 0.15) is 6.54 Å². The van der Waals surface area contributed by atoms with Crippen molar-refractivity contribution in [1.29, 1.82) is 0 Å². The number of fused-ring (bicyclic) bond motifs is 1. The number of thioether (sulfide) groups is 1. The highest BCUT2D eigenvalue weighted by Gasteiger charge is 2.38. The number of carbonyl (C=O) groups is 2. The zero-order valence-corrected chi connectivity index (χ0v) is 20.0. The fourth-order valence-electron chi connectivity index (χ4n) is 2.40. The summed E-state index contributed by atoms with van der Waals surface area (Å²) in [6, 6.07) is 0. The van der Waals surface area contributed by atoms with Crippen LogP contribution in [0.1, 0.15) is 27.7 Å². The average molecular weight is 488 g/mol. The molecule has 0 spiro atoms. The number of amides is 1. The molecule has 2 aliphatic rings. The zero-order chi connectivity index (χ0) is 22.6. The first kappa shape index (κ1) is 23.4. The molecule has 0 aliphatic carbocycles. The Morgan fingerprint density at radius 1 is 1.39 bits per heavy atom. The number of rotatable bonds is 7. The summed E-state index contributed by atoms with van der Waals surface area (Å²) in [6.45, 7) is 7.61. The van der Waals surface area contributed by atoms with Crippen molar-refractivity contribution in [2.45, 2.75) is 43.3 Å². The lowest BCUT2D eigenvalue weighted by Crippen LogP contribution is -2.39. The van der Waals surface area contributed by atoms with Gasteiger partial charge in [0, 0.05) is 55.2 Å². The third-order valence-electron chi connectivity index (χ3n) is 4.07. The Morgan fingerprint density at radius 3 is 2.87 bits per heavy atom. The van der Waals surface area contributed by atoms with Crippen molar-refractivity contribution in [2.75, 3.05) is 13.6 Å². The van der Waals surface area contributed by atoms with Crippen LogP contribution in [0, 0.1) is 0 Å². The average Bonchev–Trinajstić information content (AvgIpc) is 3.33. The summed E-state index contributed by atoms with van der Waals surface area (Å²) in [5.41, 5.74) is -0.474. The molecule has 12 nitrogen and oxygen atoms in total. The zero-order valence-electron chi connectivity index (χ0n) is 17.6. The minimum absolute atomic E-state index is 0.107. The van der Waals surface area contributed by atoms with Crippen LogP contribution in [0.15, 0.2) is 40.4 Å². The lowest BCUT2D eigenvalue weighted by molar-refractivity contribution is -0.617. The van der Waals surface area contributed by atoms with Gasteiger partial charge in [0.15, 0.2) is 11.0 Å². The van der Waals surface area contributed by atoms with Crippen molar-refractivity contribution >= 4 is 51.6 Å². The van der Waals surface area contributed by atoms with Gasteiger partial charge in [-0.2, -0.15) is 0 Å². The van der Waals surface area contributed by atoms with Crippen molar-refractivity contribution < 1.29 is 24.0 Å². The molecular formula is C16H23N8O4S3+. The second-order valence-electron chi connectivity index (χ2n) is 7.35. The smallest absolute Gasteiger partial charge is 0.325 e. The molecule has 0 aromatic carbocycles. The fourth-order valence-corrected chi connectivity index (χ4v) is 4.73. The first-order valence-corrected chi connectivity index (χ1v) is 12.0. The van der Waals surface area contributed by atoms with Crippen LogP contribution >= 0.6 is 33.7 Å². The van der Waals surface area contributed by atoms with E-state index in [-0.39, 0.29) is 11.3 Å². The minimum atomic E-state index is -0.665. The molecule has 0 saturated heterocycles.